The number of hydrogen-bond acceptors (Lipinski definition) is 6. The van der Waals surface area contributed by atoms with Crippen molar-refractivity contribution in [3.05, 3.63) is 10.6 Å². The smallest absolute Gasteiger partial charge is 0.265 e. The van der Waals surface area contributed by atoms with Gasteiger partial charge in [-0.2, -0.15) is 0 Å². The highest BCUT2D eigenvalue weighted by Crippen LogP contribution is 2.19. The van der Waals surface area contributed by atoms with E-state index in [0.717, 1.165) is 30.3 Å². The van der Waals surface area contributed by atoms with Gasteiger partial charge < -0.3 is 15.4 Å². The van der Waals surface area contributed by atoms with Crippen molar-refractivity contribution in [1.29, 1.82) is 0 Å². The van der Waals surface area contributed by atoms with Crippen LogP contribution in [0.3, 0.4) is 0 Å². The minimum absolute atomic E-state index is 0.0951. The predicted molar refractivity (Wildman–Crippen MR) is 71.1 cm³/mol. The molecule has 102 valence electrons. The van der Waals surface area contributed by atoms with Crippen LogP contribution in [-0.2, 0) is 4.74 Å². The summed E-state index contributed by atoms with van der Waals surface area (Å²) in [6.45, 7) is 6.76. The number of nitrogens with one attached hydrogen (secondary N) is 2. The number of ether oxygens (including phenoxy) is 1. The molecule has 0 bridgehead atoms. The number of hydrogen-bond donors (Lipinski definition) is 2. The molecule has 1 rings (SSSR count). The second kappa shape index (κ2) is 8.12. The first kappa shape index (κ1) is 15.0. The lowest BCUT2D eigenvalue weighted by atomic mass is 10.1. The van der Waals surface area contributed by atoms with Crippen LogP contribution in [0.15, 0.2) is 0 Å². The van der Waals surface area contributed by atoms with E-state index in [1.54, 1.807) is 7.11 Å². The van der Waals surface area contributed by atoms with Gasteiger partial charge in [0.2, 0.25) is 0 Å². The summed E-state index contributed by atoms with van der Waals surface area (Å²) in [7, 11) is 1.66. The van der Waals surface area contributed by atoms with Crippen LogP contribution in [-0.4, -0.2) is 48.8 Å². The van der Waals surface area contributed by atoms with Crippen LogP contribution < -0.4 is 10.6 Å². The van der Waals surface area contributed by atoms with Crippen LogP contribution in [0.4, 0.5) is 0 Å². The summed E-state index contributed by atoms with van der Waals surface area (Å²) in [6, 6.07) is 0. The zero-order valence-electron chi connectivity index (χ0n) is 11.0. The Hall–Kier alpha value is -1.05. The van der Waals surface area contributed by atoms with E-state index in [-0.39, 0.29) is 11.8 Å². The van der Waals surface area contributed by atoms with Crippen molar-refractivity contribution >= 4 is 17.4 Å². The molecule has 0 saturated heterocycles. The minimum Gasteiger partial charge on any atom is -0.383 e. The molecule has 0 saturated carbocycles. The van der Waals surface area contributed by atoms with E-state index in [0.29, 0.717) is 18.0 Å². The zero-order valence-corrected chi connectivity index (χ0v) is 11.8. The minimum atomic E-state index is -0.0951. The maximum Gasteiger partial charge on any atom is 0.265 e. The molecule has 0 spiro atoms. The molecular formula is C11H20N4O2S. The Labute approximate surface area is 111 Å². The third-order valence-corrected chi connectivity index (χ3v) is 3.08. The van der Waals surface area contributed by atoms with E-state index >= 15 is 0 Å². The number of carbonyl (C=O) groups is 1. The SMILES string of the molecule is COCCNCCNC(=O)c1snnc1C(C)C. The quantitative estimate of drug-likeness (QED) is 0.679. The first-order chi connectivity index (χ1) is 8.66. The standard InChI is InChI=1S/C11H20N4O2S/c1-8(2)9-10(18-15-14-9)11(16)13-5-4-12-6-7-17-3/h8,12H,4-7H2,1-3H3,(H,13,16). The summed E-state index contributed by atoms with van der Waals surface area (Å²) in [6.07, 6.45) is 0. The normalized spacial score (nSPS) is 10.9. The fourth-order valence-corrected chi connectivity index (χ4v) is 2.11. The maximum absolute atomic E-state index is 11.9. The van der Waals surface area contributed by atoms with Crippen molar-refractivity contribution in [2.24, 2.45) is 0 Å². The van der Waals surface area contributed by atoms with E-state index in [4.69, 9.17) is 4.74 Å². The van der Waals surface area contributed by atoms with Crippen molar-refractivity contribution < 1.29 is 9.53 Å². The molecule has 2 N–H and O–H groups in total. The number of amides is 1. The molecule has 0 aliphatic rings. The molecule has 0 unspecified atom stereocenters. The van der Waals surface area contributed by atoms with E-state index in [1.165, 1.54) is 0 Å². The van der Waals surface area contributed by atoms with Gasteiger partial charge in [-0.3, -0.25) is 4.79 Å². The van der Waals surface area contributed by atoms with Crippen LogP contribution in [0.1, 0.15) is 35.1 Å². The molecule has 1 aromatic heterocycles. The molecule has 0 fully saturated rings. The Bertz CT molecular complexity index is 368. The second-order valence-electron chi connectivity index (χ2n) is 4.14. The average Bonchev–Trinajstić information content (AvgIpc) is 2.82. The molecule has 7 heteroatoms. The largest absolute Gasteiger partial charge is 0.383 e. The molecule has 6 nitrogen and oxygen atoms in total. The molecule has 1 aromatic rings. The zero-order chi connectivity index (χ0) is 13.4. The highest BCUT2D eigenvalue weighted by atomic mass is 32.1. The fraction of sp³-hybridized carbons (Fsp3) is 0.727. The number of methoxy groups -OCH3 is 1. The van der Waals surface area contributed by atoms with E-state index < -0.39 is 0 Å². The van der Waals surface area contributed by atoms with Gasteiger partial charge in [-0.05, 0) is 17.5 Å². The summed E-state index contributed by atoms with van der Waals surface area (Å²) >= 11 is 1.14. The maximum atomic E-state index is 11.9. The van der Waals surface area contributed by atoms with E-state index in [9.17, 15) is 4.79 Å². The van der Waals surface area contributed by atoms with Gasteiger partial charge in [0.25, 0.3) is 5.91 Å². The summed E-state index contributed by atoms with van der Waals surface area (Å²) in [4.78, 5) is 12.5. The van der Waals surface area contributed by atoms with Crippen molar-refractivity contribution in [2.45, 2.75) is 19.8 Å². The van der Waals surface area contributed by atoms with Crippen LogP contribution in [0, 0.1) is 0 Å². The Morgan fingerprint density at radius 1 is 1.39 bits per heavy atom. The van der Waals surface area contributed by atoms with Crippen LogP contribution in [0.5, 0.6) is 0 Å². The molecule has 18 heavy (non-hydrogen) atoms. The van der Waals surface area contributed by atoms with Crippen LogP contribution in [0.25, 0.3) is 0 Å². The highest BCUT2D eigenvalue weighted by molar-refractivity contribution is 7.08. The molecule has 0 aromatic carbocycles. The Balaban J connectivity index is 2.30. The molecule has 0 atom stereocenters. The summed E-state index contributed by atoms with van der Waals surface area (Å²) < 4.78 is 8.74. The Kier molecular flexibility index (Phi) is 6.77. The van der Waals surface area contributed by atoms with Gasteiger partial charge >= 0.3 is 0 Å². The average molecular weight is 272 g/mol. The first-order valence-corrected chi connectivity index (χ1v) is 6.74. The van der Waals surface area contributed by atoms with Gasteiger partial charge in [0, 0.05) is 26.7 Å². The van der Waals surface area contributed by atoms with E-state index in [2.05, 4.69) is 20.2 Å². The van der Waals surface area contributed by atoms with Gasteiger partial charge in [-0.15, -0.1) is 5.10 Å². The summed E-state index contributed by atoms with van der Waals surface area (Å²) in [5.41, 5.74) is 0.768. The van der Waals surface area contributed by atoms with Crippen LogP contribution in [0.2, 0.25) is 0 Å². The molecular weight excluding hydrogens is 252 g/mol. The van der Waals surface area contributed by atoms with Gasteiger partial charge in [0.05, 0.1) is 12.3 Å². The first-order valence-electron chi connectivity index (χ1n) is 5.97. The fourth-order valence-electron chi connectivity index (χ4n) is 1.38. The highest BCUT2D eigenvalue weighted by Gasteiger charge is 2.17. The van der Waals surface area contributed by atoms with Gasteiger partial charge in [-0.25, -0.2) is 0 Å². The molecule has 1 amide bonds. The molecule has 0 aliphatic carbocycles. The number of aromatic nitrogens is 2. The van der Waals surface area contributed by atoms with Crippen molar-refractivity contribution in [3.63, 3.8) is 0 Å². The lowest BCUT2D eigenvalue weighted by molar-refractivity contribution is 0.0956. The van der Waals surface area contributed by atoms with Gasteiger partial charge in [-0.1, -0.05) is 18.3 Å². The van der Waals surface area contributed by atoms with Crippen LogP contribution >= 0.6 is 11.5 Å². The Morgan fingerprint density at radius 3 is 2.83 bits per heavy atom. The van der Waals surface area contributed by atoms with Crippen molar-refractivity contribution in [3.8, 4) is 0 Å². The van der Waals surface area contributed by atoms with E-state index in [1.807, 2.05) is 13.8 Å². The third-order valence-electron chi connectivity index (χ3n) is 2.34. The monoisotopic (exact) mass is 272 g/mol. The third kappa shape index (κ3) is 4.67. The molecule has 0 aliphatic heterocycles. The molecule has 0 radical (unpaired) electrons. The number of nitrogens with zero attached hydrogens (tertiary/aromatic N) is 2. The molecule has 1 heterocycles. The van der Waals surface area contributed by atoms with Crippen molar-refractivity contribution in [2.75, 3.05) is 33.4 Å². The predicted octanol–water partition coefficient (Wildman–Crippen LogP) is 0.627. The number of carbonyl (C=O) groups excluding carboxylic acids is 1. The number of rotatable bonds is 8. The lowest BCUT2D eigenvalue weighted by Gasteiger charge is -2.07. The topological polar surface area (TPSA) is 76.1 Å². The Morgan fingerprint density at radius 2 is 2.17 bits per heavy atom. The van der Waals surface area contributed by atoms with Crippen molar-refractivity contribution in [1.82, 2.24) is 20.2 Å². The van der Waals surface area contributed by atoms with Gasteiger partial charge in [0.1, 0.15) is 4.88 Å². The lowest BCUT2D eigenvalue weighted by Crippen LogP contribution is -2.33. The van der Waals surface area contributed by atoms with Gasteiger partial charge in [0.15, 0.2) is 0 Å². The second-order valence-corrected chi connectivity index (χ2v) is 4.89. The summed E-state index contributed by atoms with van der Waals surface area (Å²) in [5.74, 6) is 0.117. The summed E-state index contributed by atoms with van der Waals surface area (Å²) in [5, 5.41) is 9.98.